The average Bonchev–Trinajstić information content (AvgIpc) is 3.28. The van der Waals surface area contributed by atoms with Crippen LogP contribution in [0.4, 0.5) is 4.39 Å². The second kappa shape index (κ2) is 7.61. The van der Waals surface area contributed by atoms with E-state index in [0.29, 0.717) is 18.0 Å². The third-order valence-electron chi connectivity index (χ3n) is 3.64. The largest absolute Gasteiger partial charge is 0.493 e. The Morgan fingerprint density at radius 1 is 1.32 bits per heavy atom. The molecule has 8 heteroatoms. The average molecular weight is 343 g/mol. The number of rotatable bonds is 7. The second-order valence-corrected chi connectivity index (χ2v) is 5.38. The number of halogens is 1. The van der Waals surface area contributed by atoms with E-state index in [1.807, 2.05) is 10.8 Å². The van der Waals surface area contributed by atoms with Crippen LogP contribution in [0.5, 0.6) is 5.75 Å². The number of hydrogen-bond donors (Lipinski definition) is 1. The molecule has 0 aliphatic heterocycles. The van der Waals surface area contributed by atoms with Crippen LogP contribution in [0, 0.1) is 5.82 Å². The van der Waals surface area contributed by atoms with Crippen molar-refractivity contribution in [2.24, 2.45) is 0 Å². The van der Waals surface area contributed by atoms with Gasteiger partial charge in [0.15, 0.2) is 11.4 Å². The summed E-state index contributed by atoms with van der Waals surface area (Å²) in [4.78, 5) is 16.3. The Morgan fingerprint density at radius 2 is 2.12 bits per heavy atom. The van der Waals surface area contributed by atoms with Crippen molar-refractivity contribution in [3.8, 4) is 11.4 Å². The number of amides is 1. The first kappa shape index (κ1) is 16.7. The summed E-state index contributed by atoms with van der Waals surface area (Å²) in [7, 11) is 1.47. The zero-order chi connectivity index (χ0) is 17.6. The van der Waals surface area contributed by atoms with Gasteiger partial charge in [0.05, 0.1) is 25.3 Å². The predicted octanol–water partition coefficient (Wildman–Crippen LogP) is 2.04. The topological polar surface area (TPSA) is 74.0 Å². The summed E-state index contributed by atoms with van der Waals surface area (Å²) in [5.41, 5.74) is 0.827. The van der Waals surface area contributed by atoms with E-state index in [1.165, 1.54) is 23.9 Å². The van der Waals surface area contributed by atoms with E-state index in [0.717, 1.165) is 13.0 Å². The van der Waals surface area contributed by atoms with Gasteiger partial charge in [0.1, 0.15) is 5.82 Å². The van der Waals surface area contributed by atoms with Gasteiger partial charge in [-0.2, -0.15) is 5.10 Å². The molecule has 25 heavy (non-hydrogen) atoms. The van der Waals surface area contributed by atoms with Crippen LogP contribution in [0.1, 0.15) is 16.9 Å². The number of benzene rings is 1. The molecule has 0 aliphatic rings. The summed E-state index contributed by atoms with van der Waals surface area (Å²) in [5.74, 6) is -0.293. The highest BCUT2D eigenvalue weighted by Crippen LogP contribution is 2.19. The Bertz CT molecular complexity index is 827. The van der Waals surface area contributed by atoms with Crippen molar-refractivity contribution >= 4 is 5.91 Å². The van der Waals surface area contributed by atoms with Crippen molar-refractivity contribution in [1.82, 2.24) is 24.6 Å². The standard InChI is InChI=1S/C17H18FN5O2/c1-25-15-11-23(14-5-3-13(18)4-6-14)21-16(15)17(24)20-7-2-9-22-10-8-19-12-22/h3-6,8,10-12H,2,7,9H2,1H3,(H,20,24). The molecule has 0 saturated heterocycles. The SMILES string of the molecule is COc1cn(-c2ccc(F)cc2)nc1C(=O)NCCCn1ccnc1. The first-order valence-electron chi connectivity index (χ1n) is 7.81. The number of methoxy groups -OCH3 is 1. The number of nitrogens with one attached hydrogen (secondary N) is 1. The summed E-state index contributed by atoms with van der Waals surface area (Å²) in [6.07, 6.45) is 7.67. The normalized spacial score (nSPS) is 10.6. The fourth-order valence-corrected chi connectivity index (χ4v) is 2.36. The number of carbonyl (C=O) groups excluding carboxylic acids is 1. The quantitative estimate of drug-likeness (QED) is 0.666. The number of ether oxygens (including phenoxy) is 1. The number of carbonyl (C=O) groups is 1. The van der Waals surface area contributed by atoms with Gasteiger partial charge in [0.25, 0.3) is 5.91 Å². The molecule has 7 nitrogen and oxygen atoms in total. The third-order valence-corrected chi connectivity index (χ3v) is 3.64. The van der Waals surface area contributed by atoms with Gasteiger partial charge in [-0.05, 0) is 30.7 Å². The summed E-state index contributed by atoms with van der Waals surface area (Å²) in [6, 6.07) is 5.82. The van der Waals surface area contributed by atoms with E-state index in [2.05, 4.69) is 15.4 Å². The number of aryl methyl sites for hydroxylation is 1. The lowest BCUT2D eigenvalue weighted by molar-refractivity contribution is 0.0944. The highest BCUT2D eigenvalue weighted by atomic mass is 19.1. The minimum atomic E-state index is -0.335. The molecule has 1 N–H and O–H groups in total. The van der Waals surface area contributed by atoms with Gasteiger partial charge in [0.2, 0.25) is 0 Å². The zero-order valence-electron chi connectivity index (χ0n) is 13.7. The molecule has 0 spiro atoms. The maximum atomic E-state index is 13.0. The summed E-state index contributed by atoms with van der Waals surface area (Å²) in [5, 5.41) is 7.07. The predicted molar refractivity (Wildman–Crippen MR) is 89.3 cm³/mol. The van der Waals surface area contributed by atoms with Gasteiger partial charge in [-0.1, -0.05) is 0 Å². The molecule has 0 aliphatic carbocycles. The van der Waals surface area contributed by atoms with Crippen molar-refractivity contribution in [2.75, 3.05) is 13.7 Å². The second-order valence-electron chi connectivity index (χ2n) is 5.38. The van der Waals surface area contributed by atoms with Crippen LogP contribution in [-0.2, 0) is 6.54 Å². The number of hydrogen-bond acceptors (Lipinski definition) is 4. The van der Waals surface area contributed by atoms with Crippen molar-refractivity contribution in [3.05, 3.63) is 60.7 Å². The molecule has 2 aromatic heterocycles. The van der Waals surface area contributed by atoms with E-state index in [-0.39, 0.29) is 17.4 Å². The molecule has 0 atom stereocenters. The van der Waals surface area contributed by atoms with Gasteiger partial charge < -0.3 is 14.6 Å². The van der Waals surface area contributed by atoms with Crippen LogP contribution >= 0.6 is 0 Å². The molecule has 0 saturated carbocycles. The minimum Gasteiger partial charge on any atom is -0.493 e. The van der Waals surface area contributed by atoms with Crippen molar-refractivity contribution in [1.29, 1.82) is 0 Å². The number of aromatic nitrogens is 4. The van der Waals surface area contributed by atoms with Crippen molar-refractivity contribution < 1.29 is 13.9 Å². The highest BCUT2D eigenvalue weighted by molar-refractivity contribution is 5.94. The smallest absolute Gasteiger partial charge is 0.275 e. The van der Waals surface area contributed by atoms with Gasteiger partial charge in [-0.25, -0.2) is 14.1 Å². The number of imidazole rings is 1. The molecule has 0 bridgehead atoms. The Balaban J connectivity index is 1.64. The molecule has 0 fully saturated rings. The van der Waals surface area contributed by atoms with Crippen molar-refractivity contribution in [2.45, 2.75) is 13.0 Å². The maximum absolute atomic E-state index is 13.0. The first-order chi connectivity index (χ1) is 12.2. The molecule has 0 unspecified atom stereocenters. The van der Waals surface area contributed by atoms with Crippen LogP contribution in [0.25, 0.3) is 5.69 Å². The van der Waals surface area contributed by atoms with E-state index >= 15 is 0 Å². The molecule has 1 aromatic carbocycles. The molecule has 3 rings (SSSR count). The van der Waals surface area contributed by atoms with Crippen LogP contribution in [0.15, 0.2) is 49.2 Å². The fraction of sp³-hybridized carbons (Fsp3) is 0.235. The van der Waals surface area contributed by atoms with Crippen LogP contribution in [0.2, 0.25) is 0 Å². The van der Waals surface area contributed by atoms with E-state index in [1.54, 1.807) is 30.9 Å². The minimum absolute atomic E-state index is 0.189. The van der Waals surface area contributed by atoms with Gasteiger partial charge >= 0.3 is 0 Å². The van der Waals surface area contributed by atoms with Crippen LogP contribution < -0.4 is 10.1 Å². The molecule has 3 aromatic rings. The first-order valence-corrected chi connectivity index (χ1v) is 7.81. The van der Waals surface area contributed by atoms with E-state index < -0.39 is 0 Å². The Kier molecular flexibility index (Phi) is 5.08. The zero-order valence-corrected chi connectivity index (χ0v) is 13.7. The number of nitrogens with zero attached hydrogens (tertiary/aromatic N) is 4. The lowest BCUT2D eigenvalue weighted by Gasteiger charge is -2.05. The van der Waals surface area contributed by atoms with E-state index in [9.17, 15) is 9.18 Å². The Labute approximate surface area is 144 Å². The Morgan fingerprint density at radius 3 is 2.80 bits per heavy atom. The van der Waals surface area contributed by atoms with Gasteiger partial charge in [-0.3, -0.25) is 4.79 Å². The highest BCUT2D eigenvalue weighted by Gasteiger charge is 2.18. The Hall–Kier alpha value is -3.16. The fourth-order valence-electron chi connectivity index (χ4n) is 2.36. The van der Waals surface area contributed by atoms with E-state index in [4.69, 9.17) is 4.74 Å². The van der Waals surface area contributed by atoms with Crippen molar-refractivity contribution in [3.63, 3.8) is 0 Å². The summed E-state index contributed by atoms with van der Waals surface area (Å²) >= 11 is 0. The third kappa shape index (κ3) is 4.03. The lowest BCUT2D eigenvalue weighted by atomic mass is 10.3. The maximum Gasteiger partial charge on any atom is 0.275 e. The molecular weight excluding hydrogens is 325 g/mol. The monoisotopic (exact) mass is 343 g/mol. The van der Waals surface area contributed by atoms with Gasteiger partial charge in [0, 0.05) is 25.5 Å². The summed E-state index contributed by atoms with van der Waals surface area (Å²) in [6.45, 7) is 1.27. The summed E-state index contributed by atoms with van der Waals surface area (Å²) < 4.78 is 21.7. The molecule has 2 heterocycles. The van der Waals surface area contributed by atoms with Crippen LogP contribution in [-0.4, -0.2) is 38.9 Å². The van der Waals surface area contributed by atoms with Gasteiger partial charge in [-0.15, -0.1) is 0 Å². The molecular formula is C17H18FN5O2. The molecule has 0 radical (unpaired) electrons. The van der Waals surface area contributed by atoms with Crippen LogP contribution in [0.3, 0.4) is 0 Å². The molecule has 130 valence electrons. The molecule has 1 amide bonds. The lowest BCUT2D eigenvalue weighted by Crippen LogP contribution is -2.26.